The minimum absolute atomic E-state index is 0.174. The Bertz CT molecular complexity index is 302. The van der Waals surface area contributed by atoms with Gasteiger partial charge in [0.2, 0.25) is 0 Å². The van der Waals surface area contributed by atoms with Gasteiger partial charge < -0.3 is 20.1 Å². The van der Waals surface area contributed by atoms with Crippen LogP contribution in [-0.2, 0) is 4.74 Å². The molecule has 1 aliphatic rings. The van der Waals surface area contributed by atoms with Gasteiger partial charge in [0.1, 0.15) is 0 Å². The summed E-state index contributed by atoms with van der Waals surface area (Å²) < 4.78 is 5.84. The first-order valence-electron chi connectivity index (χ1n) is 7.62. The Morgan fingerprint density at radius 2 is 2.05 bits per heavy atom. The van der Waals surface area contributed by atoms with Gasteiger partial charge in [0.25, 0.3) is 0 Å². The molecule has 0 saturated heterocycles. The maximum absolute atomic E-state index is 11.8. The fraction of sp³-hybridized carbons (Fsp3) is 0.933. The molecule has 0 radical (unpaired) electrons. The number of hydrogen-bond acceptors (Lipinski definition) is 3. The number of hydrogen-bond donors (Lipinski definition) is 2. The maximum Gasteiger partial charge on any atom is 0.317 e. The van der Waals surface area contributed by atoms with Gasteiger partial charge in [-0.1, -0.05) is 19.8 Å². The van der Waals surface area contributed by atoms with E-state index in [4.69, 9.17) is 4.74 Å². The third-order valence-electron chi connectivity index (χ3n) is 3.71. The van der Waals surface area contributed by atoms with Crippen molar-refractivity contribution in [1.29, 1.82) is 0 Å². The second-order valence-electron chi connectivity index (χ2n) is 6.57. The molecule has 118 valence electrons. The van der Waals surface area contributed by atoms with Gasteiger partial charge in [-0.3, -0.25) is 0 Å². The van der Waals surface area contributed by atoms with E-state index in [-0.39, 0.29) is 6.03 Å². The van der Waals surface area contributed by atoms with Gasteiger partial charge in [-0.2, -0.15) is 0 Å². The van der Waals surface area contributed by atoms with Crippen LogP contribution in [0.3, 0.4) is 0 Å². The average Bonchev–Trinajstić information content (AvgIpc) is 2.34. The molecule has 2 amide bonds. The molecular weight excluding hydrogens is 256 g/mol. The first-order valence-corrected chi connectivity index (χ1v) is 7.62. The van der Waals surface area contributed by atoms with Crippen LogP contribution in [0.5, 0.6) is 0 Å². The third kappa shape index (κ3) is 6.57. The summed E-state index contributed by atoms with van der Waals surface area (Å²) >= 11 is 0. The maximum atomic E-state index is 11.8. The van der Waals surface area contributed by atoms with Crippen molar-refractivity contribution in [3.05, 3.63) is 0 Å². The van der Waals surface area contributed by atoms with Crippen molar-refractivity contribution in [2.24, 2.45) is 5.92 Å². The number of rotatable bonds is 6. The second-order valence-corrected chi connectivity index (χ2v) is 6.57. The first kappa shape index (κ1) is 17.2. The molecule has 0 aromatic rings. The van der Waals surface area contributed by atoms with E-state index in [1.54, 1.807) is 20.9 Å². The lowest BCUT2D eigenvalue weighted by molar-refractivity contribution is -0.00294. The Kier molecular flexibility index (Phi) is 6.76. The SMILES string of the molecule is C[C@H]1CCCC[C@H]1OCCNC(=O)N(C)CC(C)(C)O. The van der Waals surface area contributed by atoms with E-state index in [9.17, 15) is 9.90 Å². The Morgan fingerprint density at radius 1 is 1.40 bits per heavy atom. The lowest BCUT2D eigenvalue weighted by Crippen LogP contribution is -2.45. The van der Waals surface area contributed by atoms with Gasteiger partial charge in [0.05, 0.1) is 24.9 Å². The summed E-state index contributed by atoms with van der Waals surface area (Å²) in [5.41, 5.74) is -0.875. The molecule has 1 saturated carbocycles. The van der Waals surface area contributed by atoms with Crippen LogP contribution in [0.1, 0.15) is 46.5 Å². The van der Waals surface area contributed by atoms with Crippen LogP contribution in [0.25, 0.3) is 0 Å². The average molecular weight is 286 g/mol. The van der Waals surface area contributed by atoms with Crippen molar-refractivity contribution in [2.45, 2.75) is 58.2 Å². The van der Waals surface area contributed by atoms with E-state index >= 15 is 0 Å². The standard InChI is InChI=1S/C15H30N2O3/c1-12-7-5-6-8-13(12)20-10-9-16-14(18)17(4)11-15(2,3)19/h12-13,19H,5-11H2,1-4H3,(H,16,18)/t12-,13+/m0/s1. The molecule has 0 aromatic heterocycles. The number of carbonyl (C=O) groups is 1. The van der Waals surface area contributed by atoms with Crippen molar-refractivity contribution >= 4 is 6.03 Å². The highest BCUT2D eigenvalue weighted by atomic mass is 16.5. The number of nitrogens with zero attached hydrogens (tertiary/aromatic N) is 1. The predicted octanol–water partition coefficient (Wildman–Crippen LogP) is 1.99. The normalized spacial score (nSPS) is 23.4. The van der Waals surface area contributed by atoms with E-state index in [1.807, 2.05) is 0 Å². The van der Waals surface area contributed by atoms with Crippen LogP contribution in [0, 0.1) is 5.92 Å². The fourth-order valence-corrected chi connectivity index (χ4v) is 2.69. The van der Waals surface area contributed by atoms with Crippen molar-refractivity contribution in [3.63, 3.8) is 0 Å². The van der Waals surface area contributed by atoms with Crippen LogP contribution in [0.2, 0.25) is 0 Å². The number of carbonyl (C=O) groups excluding carboxylic acids is 1. The summed E-state index contributed by atoms with van der Waals surface area (Å²) in [6, 6.07) is -0.174. The molecule has 1 fully saturated rings. The lowest BCUT2D eigenvalue weighted by Gasteiger charge is -2.29. The van der Waals surface area contributed by atoms with Crippen LogP contribution in [0.4, 0.5) is 4.79 Å². The number of aliphatic hydroxyl groups is 1. The highest BCUT2D eigenvalue weighted by molar-refractivity contribution is 5.73. The number of nitrogens with one attached hydrogen (secondary N) is 1. The van der Waals surface area contributed by atoms with Crippen LogP contribution >= 0.6 is 0 Å². The van der Waals surface area contributed by atoms with Gasteiger partial charge in [0.15, 0.2) is 0 Å². The molecule has 0 unspecified atom stereocenters. The lowest BCUT2D eigenvalue weighted by atomic mass is 9.88. The van der Waals surface area contributed by atoms with Gasteiger partial charge in [-0.05, 0) is 32.6 Å². The Morgan fingerprint density at radius 3 is 2.65 bits per heavy atom. The monoisotopic (exact) mass is 286 g/mol. The van der Waals surface area contributed by atoms with E-state index in [1.165, 1.54) is 24.2 Å². The highest BCUT2D eigenvalue weighted by Crippen LogP contribution is 2.25. The van der Waals surface area contributed by atoms with Crippen LogP contribution in [0.15, 0.2) is 0 Å². The molecule has 5 nitrogen and oxygen atoms in total. The predicted molar refractivity (Wildman–Crippen MR) is 79.7 cm³/mol. The highest BCUT2D eigenvalue weighted by Gasteiger charge is 2.22. The summed E-state index contributed by atoms with van der Waals surface area (Å²) in [6.45, 7) is 6.98. The smallest absolute Gasteiger partial charge is 0.317 e. The molecule has 1 rings (SSSR count). The van der Waals surface area contributed by atoms with Gasteiger partial charge in [-0.15, -0.1) is 0 Å². The second kappa shape index (κ2) is 7.84. The number of ether oxygens (including phenoxy) is 1. The summed E-state index contributed by atoms with van der Waals surface area (Å²) in [6.07, 6.45) is 5.27. The Labute approximate surface area is 122 Å². The summed E-state index contributed by atoms with van der Waals surface area (Å²) in [4.78, 5) is 13.3. The van der Waals surface area contributed by atoms with Gasteiger partial charge in [0, 0.05) is 13.6 Å². The molecule has 5 heteroatoms. The Balaban J connectivity index is 2.15. The van der Waals surface area contributed by atoms with Crippen molar-refractivity contribution in [1.82, 2.24) is 10.2 Å². The van der Waals surface area contributed by atoms with E-state index in [2.05, 4.69) is 12.2 Å². The molecule has 0 spiro atoms. The fourth-order valence-electron chi connectivity index (χ4n) is 2.69. The van der Waals surface area contributed by atoms with E-state index in [0.717, 1.165) is 6.42 Å². The number of likely N-dealkylation sites (N-methyl/N-ethyl adjacent to an activating group) is 1. The summed E-state index contributed by atoms with van der Waals surface area (Å²) in [5.74, 6) is 0.623. The molecule has 1 aliphatic carbocycles. The minimum atomic E-state index is -0.875. The summed E-state index contributed by atoms with van der Waals surface area (Å²) in [5, 5.41) is 12.5. The zero-order valence-corrected chi connectivity index (χ0v) is 13.3. The molecule has 0 heterocycles. The summed E-state index contributed by atoms with van der Waals surface area (Å²) in [7, 11) is 1.68. The van der Waals surface area contributed by atoms with Crippen molar-refractivity contribution in [3.8, 4) is 0 Å². The Hall–Kier alpha value is -0.810. The molecule has 0 aliphatic heterocycles. The first-order chi connectivity index (χ1) is 9.29. The van der Waals surface area contributed by atoms with E-state index < -0.39 is 5.60 Å². The van der Waals surface area contributed by atoms with Gasteiger partial charge in [-0.25, -0.2) is 4.79 Å². The zero-order valence-electron chi connectivity index (χ0n) is 13.3. The zero-order chi connectivity index (χ0) is 15.2. The number of amides is 2. The van der Waals surface area contributed by atoms with E-state index in [0.29, 0.717) is 31.7 Å². The molecule has 20 heavy (non-hydrogen) atoms. The minimum Gasteiger partial charge on any atom is -0.389 e. The van der Waals surface area contributed by atoms with Crippen LogP contribution in [-0.4, -0.2) is 54.5 Å². The molecular formula is C15H30N2O3. The molecule has 0 bridgehead atoms. The van der Waals surface area contributed by atoms with Crippen molar-refractivity contribution in [2.75, 3.05) is 26.7 Å². The topological polar surface area (TPSA) is 61.8 Å². The van der Waals surface area contributed by atoms with Crippen LogP contribution < -0.4 is 5.32 Å². The molecule has 2 N–H and O–H groups in total. The number of urea groups is 1. The van der Waals surface area contributed by atoms with Gasteiger partial charge >= 0.3 is 6.03 Å². The third-order valence-corrected chi connectivity index (χ3v) is 3.71. The molecule has 2 atom stereocenters. The quantitative estimate of drug-likeness (QED) is 0.734. The van der Waals surface area contributed by atoms with Crippen molar-refractivity contribution < 1.29 is 14.6 Å². The largest absolute Gasteiger partial charge is 0.389 e. The molecule has 0 aromatic carbocycles.